The number of nitrogens with zero attached hydrogens (tertiary/aromatic N) is 3. The monoisotopic (exact) mass is 233 g/mol. The number of rotatable bonds is 6. The molecule has 1 atom stereocenters. The summed E-state index contributed by atoms with van der Waals surface area (Å²) in [4.78, 5) is 4.47. The van der Waals surface area contributed by atoms with Crippen LogP contribution in [0, 0.1) is 0 Å². The van der Waals surface area contributed by atoms with Gasteiger partial charge in [0.1, 0.15) is 5.82 Å². The lowest BCUT2D eigenvalue weighted by Gasteiger charge is -2.17. The van der Waals surface area contributed by atoms with Crippen molar-refractivity contribution in [3.05, 3.63) is 36.2 Å². The number of hydrogen-bond donors (Lipinski definition) is 2. The predicted molar refractivity (Wildman–Crippen MR) is 66.6 cm³/mol. The predicted octanol–water partition coefficient (Wildman–Crippen LogP) is 1.72. The zero-order valence-electron chi connectivity index (χ0n) is 10.3. The number of aromatic amines is 1. The van der Waals surface area contributed by atoms with Crippen LogP contribution in [-0.4, -0.2) is 26.3 Å². The summed E-state index contributed by atoms with van der Waals surface area (Å²) in [6.45, 7) is 6.16. The molecule has 92 valence electrons. The van der Waals surface area contributed by atoms with Gasteiger partial charge in [0.25, 0.3) is 0 Å². The lowest BCUT2D eigenvalue weighted by Crippen LogP contribution is -2.25. The van der Waals surface area contributed by atoms with Gasteiger partial charge in [-0.25, -0.2) is 4.98 Å². The molecule has 0 radical (unpaired) electrons. The Morgan fingerprint density at radius 2 is 2.35 bits per heavy atom. The minimum Gasteiger partial charge on any atom is -0.333 e. The van der Waals surface area contributed by atoms with E-state index in [1.807, 2.05) is 24.8 Å². The third kappa shape index (κ3) is 2.55. The number of hydrogen-bond acceptors (Lipinski definition) is 3. The fourth-order valence-corrected chi connectivity index (χ4v) is 1.99. The number of nitrogens with one attached hydrogen (secondary N) is 2. The minimum absolute atomic E-state index is 0.111. The summed E-state index contributed by atoms with van der Waals surface area (Å²) in [5.74, 6) is 1.05. The molecule has 0 bridgehead atoms. The molecule has 0 saturated carbocycles. The summed E-state index contributed by atoms with van der Waals surface area (Å²) in [5, 5.41) is 10.3. The van der Waals surface area contributed by atoms with Gasteiger partial charge in [-0.05, 0) is 13.0 Å². The largest absolute Gasteiger partial charge is 0.333 e. The molecule has 0 saturated heterocycles. The van der Waals surface area contributed by atoms with Crippen LogP contribution in [0.25, 0.3) is 0 Å². The summed E-state index contributed by atoms with van der Waals surface area (Å²) in [6.07, 6.45) is 8.75. The second kappa shape index (κ2) is 5.63. The summed E-state index contributed by atoms with van der Waals surface area (Å²) in [5.41, 5.74) is 1.12. The van der Waals surface area contributed by atoms with Crippen molar-refractivity contribution in [3.8, 4) is 0 Å². The Balaban J connectivity index is 2.29. The van der Waals surface area contributed by atoms with Crippen molar-refractivity contribution in [1.82, 2.24) is 25.1 Å². The first-order valence-corrected chi connectivity index (χ1v) is 6.09. The highest BCUT2D eigenvalue weighted by Gasteiger charge is 2.18. The Morgan fingerprint density at radius 3 is 3.00 bits per heavy atom. The molecule has 0 spiro atoms. The van der Waals surface area contributed by atoms with Gasteiger partial charge >= 0.3 is 0 Å². The Labute approximate surface area is 101 Å². The lowest BCUT2D eigenvalue weighted by atomic mass is 10.1. The second-order valence-corrected chi connectivity index (χ2v) is 4.00. The highest BCUT2D eigenvalue weighted by atomic mass is 15.1. The van der Waals surface area contributed by atoms with Crippen LogP contribution in [0.2, 0.25) is 0 Å². The molecule has 2 N–H and O–H groups in total. The Morgan fingerprint density at radius 1 is 1.47 bits per heavy atom. The van der Waals surface area contributed by atoms with Crippen LogP contribution in [0.5, 0.6) is 0 Å². The van der Waals surface area contributed by atoms with E-state index < -0.39 is 0 Å². The zero-order chi connectivity index (χ0) is 12.1. The molecule has 0 aliphatic carbocycles. The van der Waals surface area contributed by atoms with E-state index in [0.717, 1.165) is 30.9 Å². The number of H-pyrrole nitrogens is 1. The SMILES string of the molecule is CCCn1ccnc1C(NCC)c1cn[nH]c1. The van der Waals surface area contributed by atoms with Gasteiger partial charge in [-0.15, -0.1) is 0 Å². The first-order chi connectivity index (χ1) is 8.36. The van der Waals surface area contributed by atoms with E-state index in [1.165, 1.54) is 0 Å². The summed E-state index contributed by atoms with van der Waals surface area (Å²) < 4.78 is 2.19. The smallest absolute Gasteiger partial charge is 0.130 e. The number of imidazole rings is 1. The van der Waals surface area contributed by atoms with Gasteiger partial charge in [-0.3, -0.25) is 5.10 Å². The molecule has 2 aromatic rings. The maximum atomic E-state index is 4.47. The van der Waals surface area contributed by atoms with Gasteiger partial charge in [0.05, 0.1) is 12.2 Å². The number of aryl methyl sites for hydroxylation is 1. The summed E-state index contributed by atoms with van der Waals surface area (Å²) in [6, 6.07) is 0.111. The quantitative estimate of drug-likeness (QED) is 0.798. The van der Waals surface area contributed by atoms with E-state index in [1.54, 1.807) is 0 Å². The first kappa shape index (κ1) is 11.9. The van der Waals surface area contributed by atoms with Crippen LogP contribution >= 0.6 is 0 Å². The molecule has 0 aromatic carbocycles. The van der Waals surface area contributed by atoms with E-state index in [2.05, 4.69) is 38.9 Å². The van der Waals surface area contributed by atoms with Crippen molar-refractivity contribution in [3.63, 3.8) is 0 Å². The fraction of sp³-hybridized carbons (Fsp3) is 0.500. The van der Waals surface area contributed by atoms with Crippen LogP contribution in [-0.2, 0) is 6.54 Å². The fourth-order valence-electron chi connectivity index (χ4n) is 1.99. The maximum absolute atomic E-state index is 4.47. The van der Waals surface area contributed by atoms with Crippen LogP contribution < -0.4 is 5.32 Å². The molecule has 1 unspecified atom stereocenters. The third-order valence-electron chi connectivity index (χ3n) is 2.73. The Bertz CT molecular complexity index is 431. The lowest BCUT2D eigenvalue weighted by molar-refractivity contribution is 0.544. The Kier molecular flexibility index (Phi) is 3.93. The van der Waals surface area contributed by atoms with Gasteiger partial charge in [0.2, 0.25) is 0 Å². The zero-order valence-corrected chi connectivity index (χ0v) is 10.3. The maximum Gasteiger partial charge on any atom is 0.130 e. The van der Waals surface area contributed by atoms with Gasteiger partial charge < -0.3 is 9.88 Å². The minimum atomic E-state index is 0.111. The van der Waals surface area contributed by atoms with E-state index >= 15 is 0 Å². The topological polar surface area (TPSA) is 58.5 Å². The van der Waals surface area contributed by atoms with Crippen molar-refractivity contribution in [2.24, 2.45) is 0 Å². The van der Waals surface area contributed by atoms with Crippen LogP contribution in [0.15, 0.2) is 24.8 Å². The normalized spacial score (nSPS) is 12.8. The number of aromatic nitrogens is 4. The van der Waals surface area contributed by atoms with Crippen molar-refractivity contribution in [1.29, 1.82) is 0 Å². The standard InChI is InChI=1S/C12H19N5/c1-3-6-17-7-5-14-12(17)11(13-4-2)10-8-15-16-9-10/h5,7-9,11,13H,3-4,6H2,1-2H3,(H,15,16). The van der Waals surface area contributed by atoms with E-state index in [9.17, 15) is 0 Å². The van der Waals surface area contributed by atoms with Crippen molar-refractivity contribution < 1.29 is 0 Å². The van der Waals surface area contributed by atoms with Gasteiger partial charge in [-0.1, -0.05) is 13.8 Å². The highest BCUT2D eigenvalue weighted by molar-refractivity contribution is 5.19. The average Bonchev–Trinajstić information content (AvgIpc) is 2.97. The van der Waals surface area contributed by atoms with Crippen LogP contribution in [0.3, 0.4) is 0 Å². The van der Waals surface area contributed by atoms with Crippen molar-refractivity contribution >= 4 is 0 Å². The van der Waals surface area contributed by atoms with Gasteiger partial charge in [0, 0.05) is 30.7 Å². The summed E-state index contributed by atoms with van der Waals surface area (Å²) >= 11 is 0. The second-order valence-electron chi connectivity index (χ2n) is 4.00. The van der Waals surface area contributed by atoms with Crippen LogP contribution in [0.4, 0.5) is 0 Å². The van der Waals surface area contributed by atoms with E-state index in [4.69, 9.17) is 0 Å². The van der Waals surface area contributed by atoms with E-state index in [0.29, 0.717) is 0 Å². The molecule has 5 heteroatoms. The van der Waals surface area contributed by atoms with Crippen molar-refractivity contribution in [2.75, 3.05) is 6.54 Å². The first-order valence-electron chi connectivity index (χ1n) is 6.09. The van der Waals surface area contributed by atoms with E-state index in [-0.39, 0.29) is 6.04 Å². The molecule has 2 heterocycles. The molecule has 2 aromatic heterocycles. The molecule has 17 heavy (non-hydrogen) atoms. The average molecular weight is 233 g/mol. The molecule has 5 nitrogen and oxygen atoms in total. The molecule has 0 aliphatic heterocycles. The van der Waals surface area contributed by atoms with Gasteiger partial charge in [0.15, 0.2) is 0 Å². The molecular formula is C12H19N5. The molecule has 0 aliphatic rings. The molecule has 2 rings (SSSR count). The molecule has 0 fully saturated rings. The molecule has 0 amide bonds. The summed E-state index contributed by atoms with van der Waals surface area (Å²) in [7, 11) is 0. The molecular weight excluding hydrogens is 214 g/mol. The third-order valence-corrected chi connectivity index (χ3v) is 2.73. The Hall–Kier alpha value is -1.62. The highest BCUT2D eigenvalue weighted by Crippen LogP contribution is 2.19. The van der Waals surface area contributed by atoms with Crippen molar-refractivity contribution in [2.45, 2.75) is 32.9 Å². The van der Waals surface area contributed by atoms with Crippen LogP contribution in [0.1, 0.15) is 37.7 Å². The van der Waals surface area contributed by atoms with Gasteiger partial charge in [-0.2, -0.15) is 5.10 Å².